The van der Waals surface area contributed by atoms with Crippen LogP contribution in [0.15, 0.2) is 28.8 Å². The van der Waals surface area contributed by atoms with Crippen molar-refractivity contribution in [2.24, 2.45) is 5.73 Å². The van der Waals surface area contributed by atoms with Gasteiger partial charge in [0, 0.05) is 13.0 Å². The zero-order valence-electron chi connectivity index (χ0n) is 10.9. The van der Waals surface area contributed by atoms with E-state index in [1.807, 2.05) is 24.3 Å². The molecule has 1 aromatic carbocycles. The average molecular weight is 259 g/mol. The van der Waals surface area contributed by atoms with Crippen LogP contribution in [0.3, 0.4) is 0 Å². The lowest BCUT2D eigenvalue weighted by Crippen LogP contribution is -2.20. The first kappa shape index (κ1) is 12.2. The van der Waals surface area contributed by atoms with Gasteiger partial charge in [0.1, 0.15) is 5.75 Å². The molecule has 2 N–H and O–H groups in total. The van der Waals surface area contributed by atoms with Crippen LogP contribution in [0, 0.1) is 0 Å². The first-order valence-corrected chi connectivity index (χ1v) is 6.42. The molecule has 1 aromatic heterocycles. The van der Waals surface area contributed by atoms with Gasteiger partial charge in [-0.2, -0.15) is 4.98 Å². The predicted molar refractivity (Wildman–Crippen MR) is 70.1 cm³/mol. The van der Waals surface area contributed by atoms with E-state index < -0.39 is 0 Å². The summed E-state index contributed by atoms with van der Waals surface area (Å²) < 4.78 is 10.5. The number of benzene rings is 1. The van der Waals surface area contributed by atoms with Gasteiger partial charge in [-0.15, -0.1) is 0 Å². The van der Waals surface area contributed by atoms with Crippen LogP contribution >= 0.6 is 0 Å². The van der Waals surface area contributed by atoms with Gasteiger partial charge in [-0.1, -0.05) is 17.3 Å². The maximum absolute atomic E-state index is 5.75. The summed E-state index contributed by atoms with van der Waals surface area (Å²) >= 11 is 0. The molecule has 1 saturated carbocycles. The molecule has 5 nitrogen and oxygen atoms in total. The van der Waals surface area contributed by atoms with Crippen LogP contribution in [0.4, 0.5) is 0 Å². The molecular formula is C14H17N3O2. The van der Waals surface area contributed by atoms with E-state index in [2.05, 4.69) is 10.1 Å². The van der Waals surface area contributed by atoms with E-state index >= 15 is 0 Å². The lowest BCUT2D eigenvalue weighted by molar-refractivity contribution is 0.344. The molecule has 0 saturated heterocycles. The molecule has 0 spiro atoms. The number of methoxy groups -OCH3 is 1. The average Bonchev–Trinajstić information content (AvgIpc) is 3.13. The smallest absolute Gasteiger partial charge is 0.234 e. The third-order valence-electron chi connectivity index (χ3n) is 3.69. The molecule has 2 aromatic rings. The molecule has 0 aliphatic heterocycles. The Morgan fingerprint density at radius 1 is 1.32 bits per heavy atom. The number of rotatable bonds is 5. The number of hydrogen-bond donors (Lipinski definition) is 1. The van der Waals surface area contributed by atoms with Crippen molar-refractivity contribution in [3.05, 3.63) is 41.5 Å². The fraction of sp³-hybridized carbons (Fsp3) is 0.429. The van der Waals surface area contributed by atoms with E-state index in [4.69, 9.17) is 15.0 Å². The largest absolute Gasteiger partial charge is 0.497 e. The van der Waals surface area contributed by atoms with E-state index in [-0.39, 0.29) is 5.41 Å². The summed E-state index contributed by atoms with van der Waals surface area (Å²) in [6.45, 7) is 0.581. The minimum Gasteiger partial charge on any atom is -0.497 e. The number of ether oxygens (including phenoxy) is 1. The molecule has 5 heteroatoms. The highest BCUT2D eigenvalue weighted by atomic mass is 16.5. The zero-order chi connectivity index (χ0) is 13.3. The fourth-order valence-corrected chi connectivity index (χ4v) is 2.12. The van der Waals surface area contributed by atoms with Gasteiger partial charge < -0.3 is 15.0 Å². The quantitative estimate of drug-likeness (QED) is 0.884. The second kappa shape index (κ2) is 4.66. The number of nitrogens with two attached hydrogens (primary N) is 1. The van der Waals surface area contributed by atoms with E-state index in [1.54, 1.807) is 7.11 Å². The summed E-state index contributed by atoms with van der Waals surface area (Å²) in [6, 6.07) is 7.87. The Hall–Kier alpha value is -1.88. The van der Waals surface area contributed by atoms with Crippen molar-refractivity contribution in [2.75, 3.05) is 13.7 Å². The molecule has 1 heterocycles. The Labute approximate surface area is 111 Å². The molecule has 1 fully saturated rings. The third-order valence-corrected chi connectivity index (χ3v) is 3.69. The van der Waals surface area contributed by atoms with Crippen LogP contribution in [-0.4, -0.2) is 23.8 Å². The Bertz CT molecular complexity index is 558. The van der Waals surface area contributed by atoms with Crippen molar-refractivity contribution >= 4 is 0 Å². The van der Waals surface area contributed by atoms with E-state index in [1.165, 1.54) is 0 Å². The van der Waals surface area contributed by atoms with E-state index in [0.29, 0.717) is 24.7 Å². The molecule has 0 atom stereocenters. The summed E-state index contributed by atoms with van der Waals surface area (Å²) in [5, 5.41) is 4.04. The van der Waals surface area contributed by atoms with Gasteiger partial charge in [-0.05, 0) is 30.5 Å². The van der Waals surface area contributed by atoms with Crippen LogP contribution in [0.2, 0.25) is 0 Å². The zero-order valence-corrected chi connectivity index (χ0v) is 10.9. The van der Waals surface area contributed by atoms with Crippen molar-refractivity contribution in [1.82, 2.24) is 10.1 Å². The number of aromatic nitrogens is 2. The lowest BCUT2D eigenvalue weighted by Gasteiger charge is -2.03. The SMILES string of the molecule is COc1ccc(Cc2noc(C3(CN)CC3)n2)cc1. The molecule has 19 heavy (non-hydrogen) atoms. The second-order valence-electron chi connectivity index (χ2n) is 5.03. The first-order valence-electron chi connectivity index (χ1n) is 6.42. The van der Waals surface area contributed by atoms with Gasteiger partial charge in [-0.25, -0.2) is 0 Å². The Morgan fingerprint density at radius 2 is 2.05 bits per heavy atom. The van der Waals surface area contributed by atoms with Crippen molar-refractivity contribution in [3.63, 3.8) is 0 Å². The molecule has 100 valence electrons. The van der Waals surface area contributed by atoms with Gasteiger partial charge >= 0.3 is 0 Å². The minimum absolute atomic E-state index is 0.0365. The fourth-order valence-electron chi connectivity index (χ4n) is 2.12. The third kappa shape index (κ3) is 2.33. The summed E-state index contributed by atoms with van der Waals surface area (Å²) in [5.41, 5.74) is 6.85. The monoisotopic (exact) mass is 259 g/mol. The Morgan fingerprint density at radius 3 is 2.63 bits per heavy atom. The van der Waals surface area contributed by atoms with Gasteiger partial charge in [0.25, 0.3) is 0 Å². The minimum atomic E-state index is -0.0365. The van der Waals surface area contributed by atoms with Crippen molar-refractivity contribution < 1.29 is 9.26 Å². The summed E-state index contributed by atoms with van der Waals surface area (Å²) in [6.07, 6.45) is 2.76. The maximum Gasteiger partial charge on any atom is 0.234 e. The van der Waals surface area contributed by atoms with Crippen LogP contribution in [0.25, 0.3) is 0 Å². The molecule has 0 amide bonds. The van der Waals surface area contributed by atoms with Gasteiger partial charge in [0.2, 0.25) is 5.89 Å². The highest BCUT2D eigenvalue weighted by Crippen LogP contribution is 2.46. The van der Waals surface area contributed by atoms with E-state index in [9.17, 15) is 0 Å². The molecular weight excluding hydrogens is 242 g/mol. The summed E-state index contributed by atoms with van der Waals surface area (Å²) in [5.74, 6) is 2.25. The molecule has 1 aliphatic carbocycles. The summed E-state index contributed by atoms with van der Waals surface area (Å²) in [7, 11) is 1.66. The first-order chi connectivity index (χ1) is 9.25. The normalized spacial score (nSPS) is 16.3. The lowest BCUT2D eigenvalue weighted by atomic mass is 10.1. The second-order valence-corrected chi connectivity index (χ2v) is 5.03. The maximum atomic E-state index is 5.75. The van der Waals surface area contributed by atoms with Crippen molar-refractivity contribution in [1.29, 1.82) is 0 Å². The molecule has 0 unspecified atom stereocenters. The molecule has 3 rings (SSSR count). The molecule has 0 radical (unpaired) electrons. The van der Waals surface area contributed by atoms with Crippen molar-refractivity contribution in [3.8, 4) is 5.75 Å². The van der Waals surface area contributed by atoms with Crippen LogP contribution < -0.4 is 10.5 Å². The predicted octanol–water partition coefficient (Wildman–Crippen LogP) is 1.66. The van der Waals surface area contributed by atoms with Gasteiger partial charge in [0.05, 0.1) is 12.5 Å². The Balaban J connectivity index is 1.73. The van der Waals surface area contributed by atoms with Gasteiger partial charge in [0.15, 0.2) is 5.82 Å². The Kier molecular flexibility index (Phi) is 2.98. The molecule has 1 aliphatic rings. The van der Waals surface area contributed by atoms with Crippen LogP contribution in [-0.2, 0) is 11.8 Å². The van der Waals surface area contributed by atoms with Crippen LogP contribution in [0.5, 0.6) is 5.75 Å². The highest BCUT2D eigenvalue weighted by Gasteiger charge is 2.48. The number of nitrogens with zero attached hydrogens (tertiary/aromatic N) is 2. The van der Waals surface area contributed by atoms with Crippen LogP contribution in [0.1, 0.15) is 30.1 Å². The topological polar surface area (TPSA) is 74.2 Å². The molecule has 0 bridgehead atoms. The summed E-state index contributed by atoms with van der Waals surface area (Å²) in [4.78, 5) is 4.46. The standard InChI is InChI=1S/C14H17N3O2/c1-18-11-4-2-10(3-5-11)8-12-16-13(19-17-12)14(9-15)6-7-14/h2-5H,6-9,15H2,1H3. The van der Waals surface area contributed by atoms with E-state index in [0.717, 1.165) is 24.2 Å². The highest BCUT2D eigenvalue weighted by molar-refractivity contribution is 5.29. The van der Waals surface area contributed by atoms with Crippen molar-refractivity contribution in [2.45, 2.75) is 24.7 Å². The number of hydrogen-bond acceptors (Lipinski definition) is 5. The van der Waals surface area contributed by atoms with Gasteiger partial charge in [-0.3, -0.25) is 0 Å².